The number of likely N-dealkylation sites (tertiary alicyclic amines) is 1. The zero-order chi connectivity index (χ0) is 19.8. The first-order valence-corrected chi connectivity index (χ1v) is 10.8. The lowest BCUT2D eigenvalue weighted by Gasteiger charge is -2.45. The minimum Gasteiger partial charge on any atom is -0.352 e. The second kappa shape index (κ2) is 9.92. The fourth-order valence-corrected chi connectivity index (χ4v) is 5.00. The molecule has 0 bridgehead atoms. The van der Waals surface area contributed by atoms with Gasteiger partial charge in [0.25, 0.3) is 0 Å². The highest BCUT2D eigenvalue weighted by atomic mass is 16.2. The van der Waals surface area contributed by atoms with Crippen LogP contribution in [0, 0.1) is 0 Å². The van der Waals surface area contributed by atoms with E-state index in [1.165, 1.54) is 64.5 Å². The Bertz CT molecular complexity index is 637. The average molecular weight is 388 g/mol. The summed E-state index contributed by atoms with van der Waals surface area (Å²) in [6, 6.07) is 8.43. The highest BCUT2D eigenvalue weighted by molar-refractivity contribution is 5.86. The molecule has 2 fully saturated rings. The van der Waals surface area contributed by atoms with Crippen LogP contribution in [0.3, 0.4) is 0 Å². The molecule has 3 rings (SSSR count). The summed E-state index contributed by atoms with van der Waals surface area (Å²) in [5, 5.41) is 5.81. The first-order chi connectivity index (χ1) is 13.6. The van der Waals surface area contributed by atoms with E-state index in [0.29, 0.717) is 13.0 Å². The summed E-state index contributed by atoms with van der Waals surface area (Å²) in [5.41, 5.74) is 6.49. The lowest BCUT2D eigenvalue weighted by molar-refractivity contribution is -0.957. The smallest absolute Gasteiger partial charge is 0.312 e. The molecule has 1 aromatic carbocycles. The Labute approximate surface area is 168 Å². The van der Waals surface area contributed by atoms with Gasteiger partial charge in [0, 0.05) is 19.3 Å². The first kappa shape index (κ1) is 20.6. The SMILES string of the molecule is NC(=O)N[C@@H](Cc1ccccc1)C(=O)NCC1([NH+]2CCCCC2)CCCCC1. The van der Waals surface area contributed by atoms with Gasteiger partial charge in [-0.2, -0.15) is 0 Å². The number of urea groups is 1. The van der Waals surface area contributed by atoms with E-state index in [2.05, 4.69) is 10.6 Å². The molecule has 5 N–H and O–H groups in total. The van der Waals surface area contributed by atoms with E-state index in [1.54, 1.807) is 4.90 Å². The second-order valence-electron chi connectivity index (χ2n) is 8.47. The van der Waals surface area contributed by atoms with Crippen molar-refractivity contribution in [1.29, 1.82) is 0 Å². The van der Waals surface area contributed by atoms with E-state index >= 15 is 0 Å². The molecule has 1 atom stereocenters. The molecule has 0 aromatic heterocycles. The number of rotatable bonds is 7. The molecule has 0 spiro atoms. The van der Waals surface area contributed by atoms with Gasteiger partial charge < -0.3 is 21.3 Å². The largest absolute Gasteiger partial charge is 0.352 e. The third-order valence-corrected chi connectivity index (χ3v) is 6.53. The average Bonchev–Trinajstić information content (AvgIpc) is 2.73. The van der Waals surface area contributed by atoms with Gasteiger partial charge in [-0.1, -0.05) is 36.8 Å². The highest BCUT2D eigenvalue weighted by Gasteiger charge is 2.42. The van der Waals surface area contributed by atoms with Gasteiger partial charge in [-0.05, 0) is 37.7 Å². The number of carbonyl (C=O) groups excluding carboxylic acids is 2. The monoisotopic (exact) mass is 387 g/mol. The minimum absolute atomic E-state index is 0.135. The molecule has 1 aliphatic carbocycles. The lowest BCUT2D eigenvalue weighted by Crippen LogP contribution is -3.22. The molecule has 154 valence electrons. The van der Waals surface area contributed by atoms with Crippen molar-refractivity contribution in [3.63, 3.8) is 0 Å². The molecule has 1 aliphatic heterocycles. The summed E-state index contributed by atoms with van der Waals surface area (Å²) in [6.07, 6.45) is 10.5. The Morgan fingerprint density at radius 2 is 1.64 bits per heavy atom. The number of piperidine rings is 1. The number of quaternary nitrogens is 1. The van der Waals surface area contributed by atoms with Gasteiger partial charge in [0.1, 0.15) is 11.6 Å². The third kappa shape index (κ3) is 5.47. The Morgan fingerprint density at radius 1 is 1.00 bits per heavy atom. The van der Waals surface area contributed by atoms with Gasteiger partial charge in [-0.25, -0.2) is 4.79 Å². The van der Waals surface area contributed by atoms with Crippen molar-refractivity contribution >= 4 is 11.9 Å². The zero-order valence-electron chi connectivity index (χ0n) is 16.8. The van der Waals surface area contributed by atoms with Crippen LogP contribution in [0.2, 0.25) is 0 Å². The van der Waals surface area contributed by atoms with Crippen LogP contribution in [-0.4, -0.2) is 43.2 Å². The van der Waals surface area contributed by atoms with Gasteiger partial charge in [0.15, 0.2) is 0 Å². The fraction of sp³-hybridized carbons (Fsp3) is 0.636. The number of primary amides is 1. The van der Waals surface area contributed by atoms with Crippen molar-refractivity contribution in [3.05, 3.63) is 35.9 Å². The van der Waals surface area contributed by atoms with Crippen molar-refractivity contribution in [2.24, 2.45) is 5.73 Å². The predicted molar refractivity (Wildman–Crippen MR) is 110 cm³/mol. The van der Waals surface area contributed by atoms with Gasteiger partial charge in [0.2, 0.25) is 5.91 Å². The Kier molecular flexibility index (Phi) is 7.31. The van der Waals surface area contributed by atoms with Crippen molar-refractivity contribution in [1.82, 2.24) is 10.6 Å². The summed E-state index contributed by atoms with van der Waals surface area (Å²) < 4.78 is 0. The summed E-state index contributed by atoms with van der Waals surface area (Å²) >= 11 is 0. The second-order valence-corrected chi connectivity index (χ2v) is 8.47. The summed E-state index contributed by atoms with van der Waals surface area (Å²) in [5.74, 6) is -0.135. The van der Waals surface area contributed by atoms with Crippen LogP contribution in [0.4, 0.5) is 4.79 Å². The van der Waals surface area contributed by atoms with Gasteiger partial charge >= 0.3 is 6.03 Å². The summed E-state index contributed by atoms with van der Waals surface area (Å²) in [7, 11) is 0. The van der Waals surface area contributed by atoms with Crippen LogP contribution in [0.25, 0.3) is 0 Å². The maximum atomic E-state index is 13.0. The number of nitrogens with two attached hydrogens (primary N) is 1. The van der Waals surface area contributed by atoms with Crippen LogP contribution in [0.5, 0.6) is 0 Å². The predicted octanol–water partition coefficient (Wildman–Crippen LogP) is 1.15. The van der Waals surface area contributed by atoms with Crippen LogP contribution in [-0.2, 0) is 11.2 Å². The molecule has 2 aliphatic rings. The van der Waals surface area contributed by atoms with Gasteiger partial charge in [0.05, 0.1) is 19.6 Å². The number of hydrogen-bond donors (Lipinski definition) is 4. The quantitative estimate of drug-likeness (QED) is 0.566. The minimum atomic E-state index is -0.662. The zero-order valence-corrected chi connectivity index (χ0v) is 16.8. The van der Waals surface area contributed by atoms with E-state index in [1.807, 2.05) is 30.3 Å². The van der Waals surface area contributed by atoms with Gasteiger partial charge in [-0.3, -0.25) is 4.79 Å². The van der Waals surface area contributed by atoms with Crippen molar-refractivity contribution in [2.75, 3.05) is 19.6 Å². The number of hydrogen-bond acceptors (Lipinski definition) is 2. The summed E-state index contributed by atoms with van der Waals surface area (Å²) in [6.45, 7) is 3.11. The van der Waals surface area contributed by atoms with Crippen LogP contribution >= 0.6 is 0 Å². The molecule has 1 heterocycles. The number of benzene rings is 1. The highest BCUT2D eigenvalue weighted by Crippen LogP contribution is 2.26. The van der Waals surface area contributed by atoms with Crippen LogP contribution < -0.4 is 21.3 Å². The van der Waals surface area contributed by atoms with Gasteiger partial charge in [-0.15, -0.1) is 0 Å². The van der Waals surface area contributed by atoms with Crippen LogP contribution in [0.15, 0.2) is 30.3 Å². The topological polar surface area (TPSA) is 88.7 Å². The molecule has 1 saturated heterocycles. The Morgan fingerprint density at radius 3 is 2.29 bits per heavy atom. The van der Waals surface area contributed by atoms with E-state index in [0.717, 1.165) is 5.56 Å². The summed E-state index contributed by atoms with van der Waals surface area (Å²) in [4.78, 5) is 26.1. The third-order valence-electron chi connectivity index (χ3n) is 6.53. The molecule has 6 heteroatoms. The molecule has 28 heavy (non-hydrogen) atoms. The molecular weight excluding hydrogens is 352 g/mol. The van der Waals surface area contributed by atoms with E-state index in [-0.39, 0.29) is 11.4 Å². The van der Waals surface area contributed by atoms with Crippen molar-refractivity contribution < 1.29 is 14.5 Å². The van der Waals surface area contributed by atoms with Crippen molar-refractivity contribution in [2.45, 2.75) is 69.4 Å². The fourth-order valence-electron chi connectivity index (χ4n) is 5.00. The molecule has 1 aromatic rings. The lowest BCUT2D eigenvalue weighted by atomic mass is 9.79. The molecule has 0 unspecified atom stereocenters. The van der Waals surface area contributed by atoms with E-state index < -0.39 is 12.1 Å². The number of carbonyl (C=O) groups is 2. The van der Waals surface area contributed by atoms with E-state index in [9.17, 15) is 9.59 Å². The molecule has 0 radical (unpaired) electrons. The number of amides is 3. The molecule has 3 amide bonds. The molecule has 1 saturated carbocycles. The molecule has 6 nitrogen and oxygen atoms in total. The molecular formula is C22H35N4O2+. The van der Waals surface area contributed by atoms with Crippen molar-refractivity contribution in [3.8, 4) is 0 Å². The first-order valence-electron chi connectivity index (χ1n) is 10.8. The number of nitrogens with one attached hydrogen (secondary N) is 3. The normalized spacial score (nSPS) is 20.9. The van der Waals surface area contributed by atoms with Crippen LogP contribution in [0.1, 0.15) is 56.9 Å². The Balaban J connectivity index is 1.65. The maximum Gasteiger partial charge on any atom is 0.312 e. The Hall–Kier alpha value is -2.08. The van der Waals surface area contributed by atoms with E-state index in [4.69, 9.17) is 5.73 Å². The maximum absolute atomic E-state index is 13.0. The standard InChI is InChI=1S/C22H34N4O2/c23-21(28)25-19(16-18-10-4-1-5-11-18)20(27)24-17-22(12-6-2-7-13-22)26-14-8-3-9-15-26/h1,4-5,10-11,19H,2-3,6-9,12-17H2,(H,24,27)(H3,23,25,28)/p+1/t19-/m0/s1.